The molecule has 0 aliphatic rings. The fraction of sp³-hybridized carbons (Fsp3) is 1.00. The van der Waals surface area contributed by atoms with Crippen molar-refractivity contribution >= 4 is 0 Å². The molecule has 0 heterocycles. The third kappa shape index (κ3) is 37.5. The van der Waals surface area contributed by atoms with E-state index in [1.807, 2.05) is 13.8 Å². The van der Waals surface area contributed by atoms with Crippen LogP contribution in [-0.2, 0) is 0 Å². The second-order valence-corrected chi connectivity index (χ2v) is 1.35. The zero-order valence-electron chi connectivity index (χ0n) is 6.12. The van der Waals surface area contributed by atoms with Crippen molar-refractivity contribution in [2.45, 2.75) is 54.4 Å². The molecule has 0 aromatic heterocycles. The van der Waals surface area contributed by atoms with Crippen LogP contribution in [0.5, 0.6) is 0 Å². The SMILES string of the molecule is C.CC.CCCCC. The number of rotatable bonds is 2. The van der Waals surface area contributed by atoms with Crippen molar-refractivity contribution < 1.29 is 0 Å². The summed E-state index contributed by atoms with van der Waals surface area (Å²) >= 11 is 0. The molecule has 0 aliphatic carbocycles. The van der Waals surface area contributed by atoms with Gasteiger partial charge in [0.15, 0.2) is 0 Å². The van der Waals surface area contributed by atoms with Crippen LogP contribution in [0.2, 0.25) is 0 Å². The Morgan fingerprint density at radius 2 is 1.12 bits per heavy atom. The van der Waals surface area contributed by atoms with Crippen molar-refractivity contribution in [1.29, 1.82) is 0 Å². The Balaban J connectivity index is -0.0000000750. The first-order valence-electron chi connectivity index (χ1n) is 3.41. The van der Waals surface area contributed by atoms with E-state index in [1.165, 1.54) is 19.3 Å². The maximum absolute atomic E-state index is 2.21. The summed E-state index contributed by atoms with van der Waals surface area (Å²) in [5.74, 6) is 0. The molecule has 0 N–H and O–H groups in total. The van der Waals surface area contributed by atoms with Gasteiger partial charge in [0.05, 0.1) is 0 Å². The molecule has 0 saturated carbocycles. The second kappa shape index (κ2) is 28.0. The van der Waals surface area contributed by atoms with Gasteiger partial charge in [-0.2, -0.15) is 0 Å². The molecule has 0 amide bonds. The van der Waals surface area contributed by atoms with Crippen LogP contribution in [-0.4, -0.2) is 0 Å². The van der Waals surface area contributed by atoms with E-state index in [4.69, 9.17) is 0 Å². The molecule has 0 fully saturated rings. The Morgan fingerprint density at radius 1 is 0.875 bits per heavy atom. The largest absolute Gasteiger partial charge is 0.0776 e. The van der Waals surface area contributed by atoms with Gasteiger partial charge in [0.1, 0.15) is 0 Å². The fourth-order valence-electron chi connectivity index (χ4n) is 0.354. The number of hydrogen-bond donors (Lipinski definition) is 0. The van der Waals surface area contributed by atoms with Gasteiger partial charge in [0.2, 0.25) is 0 Å². The second-order valence-electron chi connectivity index (χ2n) is 1.35. The van der Waals surface area contributed by atoms with E-state index in [9.17, 15) is 0 Å². The molecule has 0 nitrogen and oxygen atoms in total. The molecule has 0 bridgehead atoms. The minimum atomic E-state index is 0. The van der Waals surface area contributed by atoms with Crippen molar-refractivity contribution in [2.75, 3.05) is 0 Å². The zero-order chi connectivity index (χ0) is 6.12. The quantitative estimate of drug-likeness (QED) is 0.516. The van der Waals surface area contributed by atoms with Crippen molar-refractivity contribution in [3.63, 3.8) is 0 Å². The third-order valence-electron chi connectivity index (χ3n) is 0.707. The van der Waals surface area contributed by atoms with E-state index in [0.29, 0.717) is 0 Å². The van der Waals surface area contributed by atoms with Gasteiger partial charge in [-0.05, 0) is 0 Å². The van der Waals surface area contributed by atoms with Crippen molar-refractivity contribution in [1.82, 2.24) is 0 Å². The van der Waals surface area contributed by atoms with Gasteiger partial charge in [-0.1, -0.05) is 54.4 Å². The van der Waals surface area contributed by atoms with Crippen LogP contribution in [0, 0.1) is 0 Å². The lowest BCUT2D eigenvalue weighted by molar-refractivity contribution is 0.772. The van der Waals surface area contributed by atoms with Crippen LogP contribution < -0.4 is 0 Å². The lowest BCUT2D eigenvalue weighted by Gasteiger charge is -1.79. The minimum Gasteiger partial charge on any atom is -0.0776 e. The third-order valence-corrected chi connectivity index (χ3v) is 0.707. The van der Waals surface area contributed by atoms with Crippen LogP contribution >= 0.6 is 0 Å². The van der Waals surface area contributed by atoms with Crippen LogP contribution in [0.4, 0.5) is 0 Å². The van der Waals surface area contributed by atoms with Crippen LogP contribution in [0.25, 0.3) is 0 Å². The maximum atomic E-state index is 2.21. The van der Waals surface area contributed by atoms with Gasteiger partial charge < -0.3 is 0 Å². The first kappa shape index (κ1) is 15.7. The predicted octanol–water partition coefficient (Wildman–Crippen LogP) is 3.86. The van der Waals surface area contributed by atoms with E-state index in [0.717, 1.165) is 0 Å². The molecule has 0 radical (unpaired) electrons. The Kier molecular flexibility index (Phi) is 54.9. The van der Waals surface area contributed by atoms with E-state index in [-0.39, 0.29) is 7.43 Å². The standard InChI is InChI=1S/C5H12.C2H6.CH4/c1-3-5-4-2;1-2;/h3-5H2,1-2H3;1-2H3;1H4. The minimum absolute atomic E-state index is 0. The molecular formula is C8H22. The summed E-state index contributed by atoms with van der Waals surface area (Å²) in [6.07, 6.45) is 4.08. The predicted molar refractivity (Wildman–Crippen MR) is 43.3 cm³/mol. The van der Waals surface area contributed by atoms with Gasteiger partial charge in [-0.3, -0.25) is 0 Å². The Labute approximate surface area is 55.3 Å². The fourth-order valence-corrected chi connectivity index (χ4v) is 0.354. The smallest absolute Gasteiger partial charge is 0.0538 e. The molecule has 0 heteroatoms. The Bertz CT molecular complexity index is 7.51. The summed E-state index contributed by atoms with van der Waals surface area (Å²) in [5, 5.41) is 0. The van der Waals surface area contributed by atoms with Gasteiger partial charge >= 0.3 is 0 Å². The van der Waals surface area contributed by atoms with Crippen LogP contribution in [0.1, 0.15) is 54.4 Å². The highest BCUT2D eigenvalue weighted by Gasteiger charge is 1.68. The van der Waals surface area contributed by atoms with Crippen molar-refractivity contribution in [3.05, 3.63) is 0 Å². The zero-order valence-corrected chi connectivity index (χ0v) is 6.12. The molecule has 0 atom stereocenters. The summed E-state index contributed by atoms with van der Waals surface area (Å²) in [4.78, 5) is 0. The molecule has 0 saturated heterocycles. The number of unbranched alkanes of at least 4 members (excludes halogenated alkanes) is 2. The molecule has 0 unspecified atom stereocenters. The first-order valence-corrected chi connectivity index (χ1v) is 3.41. The van der Waals surface area contributed by atoms with Gasteiger partial charge in [0, 0.05) is 0 Å². The van der Waals surface area contributed by atoms with E-state index < -0.39 is 0 Å². The topological polar surface area (TPSA) is 0 Å². The molecule has 0 rings (SSSR count). The maximum Gasteiger partial charge on any atom is -0.0538 e. The highest BCUT2D eigenvalue weighted by atomic mass is 13.7. The summed E-state index contributed by atoms with van der Waals surface area (Å²) in [7, 11) is 0. The first-order chi connectivity index (χ1) is 3.41. The van der Waals surface area contributed by atoms with Gasteiger partial charge in [0.25, 0.3) is 0 Å². The Morgan fingerprint density at radius 3 is 1.12 bits per heavy atom. The molecule has 54 valence electrons. The molecule has 0 spiro atoms. The lowest BCUT2D eigenvalue weighted by atomic mass is 10.3. The molecule has 0 aliphatic heterocycles. The average Bonchev–Trinajstić information content (AvgIpc) is 1.75. The normalized spacial score (nSPS) is 6.00. The van der Waals surface area contributed by atoms with Crippen molar-refractivity contribution in [2.24, 2.45) is 0 Å². The van der Waals surface area contributed by atoms with Crippen LogP contribution in [0.3, 0.4) is 0 Å². The monoisotopic (exact) mass is 118 g/mol. The molecular weight excluding hydrogens is 96.1 g/mol. The summed E-state index contributed by atoms with van der Waals surface area (Å²) in [6, 6.07) is 0. The number of hydrogen-bond acceptors (Lipinski definition) is 0. The van der Waals surface area contributed by atoms with E-state index in [1.54, 1.807) is 0 Å². The van der Waals surface area contributed by atoms with E-state index in [2.05, 4.69) is 13.8 Å². The summed E-state index contributed by atoms with van der Waals surface area (Å²) < 4.78 is 0. The summed E-state index contributed by atoms with van der Waals surface area (Å²) in [5.41, 5.74) is 0. The highest BCUT2D eigenvalue weighted by molar-refractivity contribution is 4.24. The molecule has 0 aromatic rings. The van der Waals surface area contributed by atoms with Crippen LogP contribution in [0.15, 0.2) is 0 Å². The van der Waals surface area contributed by atoms with Gasteiger partial charge in [-0.25, -0.2) is 0 Å². The summed E-state index contributed by atoms with van der Waals surface area (Å²) in [6.45, 7) is 8.42. The van der Waals surface area contributed by atoms with Gasteiger partial charge in [-0.15, -0.1) is 0 Å². The molecule has 0 aromatic carbocycles. The highest BCUT2D eigenvalue weighted by Crippen LogP contribution is 1.88. The Hall–Kier alpha value is 0. The van der Waals surface area contributed by atoms with Crippen molar-refractivity contribution in [3.8, 4) is 0 Å². The average molecular weight is 118 g/mol. The molecule has 8 heavy (non-hydrogen) atoms. The van der Waals surface area contributed by atoms with E-state index >= 15 is 0 Å². The lowest BCUT2D eigenvalue weighted by Crippen LogP contribution is -1.59.